The van der Waals surface area contributed by atoms with Crippen molar-refractivity contribution in [2.45, 2.75) is 0 Å². The number of aromatic nitrogens is 2. The van der Waals surface area contributed by atoms with E-state index in [1.807, 2.05) is 0 Å². The fourth-order valence-electron chi connectivity index (χ4n) is 1.14. The Morgan fingerprint density at radius 1 is 1.46 bits per heavy atom. The van der Waals surface area contributed by atoms with Crippen molar-refractivity contribution in [2.24, 2.45) is 0 Å². The topological polar surface area (TPSA) is 68.9 Å². The average Bonchev–Trinajstić information content (AvgIpc) is 2.17. The molecular formula is C9H7N3O. The molecule has 2 heterocycles. The van der Waals surface area contributed by atoms with E-state index in [0.29, 0.717) is 17.4 Å². The Morgan fingerprint density at radius 3 is 3.08 bits per heavy atom. The highest BCUT2D eigenvalue weighted by Gasteiger charge is 2.01. The zero-order chi connectivity index (χ0) is 9.26. The molecule has 2 aromatic heterocycles. The molecule has 0 fully saturated rings. The maximum atomic E-state index is 10.5. The zero-order valence-electron chi connectivity index (χ0n) is 6.77. The first kappa shape index (κ1) is 7.67. The Morgan fingerprint density at radius 2 is 2.31 bits per heavy atom. The molecule has 0 radical (unpaired) electrons. The highest BCUT2D eigenvalue weighted by atomic mass is 16.1. The van der Waals surface area contributed by atoms with Gasteiger partial charge in [0.2, 0.25) is 0 Å². The van der Waals surface area contributed by atoms with Gasteiger partial charge in [-0.1, -0.05) is 0 Å². The third-order valence-corrected chi connectivity index (χ3v) is 1.81. The van der Waals surface area contributed by atoms with E-state index in [1.165, 1.54) is 0 Å². The fraction of sp³-hybridized carbons (Fsp3) is 0. The van der Waals surface area contributed by atoms with E-state index in [2.05, 4.69) is 9.97 Å². The summed E-state index contributed by atoms with van der Waals surface area (Å²) in [6.45, 7) is 0. The van der Waals surface area contributed by atoms with Crippen molar-refractivity contribution in [1.82, 2.24) is 9.97 Å². The third-order valence-electron chi connectivity index (χ3n) is 1.81. The summed E-state index contributed by atoms with van der Waals surface area (Å²) in [7, 11) is 0. The smallest absolute Gasteiger partial charge is 0.153 e. The molecule has 64 valence electrons. The predicted molar refractivity (Wildman–Crippen MR) is 49.3 cm³/mol. The molecule has 4 heteroatoms. The zero-order valence-corrected chi connectivity index (χ0v) is 6.77. The minimum Gasteiger partial charge on any atom is -0.383 e. The minimum atomic E-state index is 0.246. The lowest BCUT2D eigenvalue weighted by Crippen LogP contribution is -1.97. The molecule has 13 heavy (non-hydrogen) atoms. The van der Waals surface area contributed by atoms with E-state index in [-0.39, 0.29) is 5.82 Å². The second-order valence-electron chi connectivity index (χ2n) is 2.65. The number of aldehydes is 1. The standard InChI is InChI=1S/C9H7N3O/c10-9-7(5-13)3-6-1-2-11-4-8(6)12-9/h1-5H,(H2,10,12). The van der Waals surface area contributed by atoms with Crippen LogP contribution in [0.2, 0.25) is 0 Å². The molecule has 0 aliphatic rings. The number of rotatable bonds is 1. The SMILES string of the molecule is Nc1nc2cnccc2cc1C=O. The highest BCUT2D eigenvalue weighted by Crippen LogP contribution is 2.15. The average molecular weight is 173 g/mol. The van der Waals surface area contributed by atoms with Crippen LogP contribution in [0.4, 0.5) is 5.82 Å². The van der Waals surface area contributed by atoms with Crippen LogP contribution in [0.3, 0.4) is 0 Å². The van der Waals surface area contributed by atoms with Crippen LogP contribution in [0.25, 0.3) is 10.9 Å². The van der Waals surface area contributed by atoms with Gasteiger partial charge in [-0.3, -0.25) is 9.78 Å². The molecule has 4 nitrogen and oxygen atoms in total. The third kappa shape index (κ3) is 1.22. The van der Waals surface area contributed by atoms with Crippen LogP contribution in [-0.4, -0.2) is 16.3 Å². The van der Waals surface area contributed by atoms with Gasteiger partial charge in [0.15, 0.2) is 6.29 Å². The lowest BCUT2D eigenvalue weighted by molar-refractivity contribution is 0.112. The van der Waals surface area contributed by atoms with Crippen LogP contribution in [0.15, 0.2) is 24.5 Å². The molecule has 0 aromatic carbocycles. The Kier molecular flexibility index (Phi) is 1.66. The maximum Gasteiger partial charge on any atom is 0.153 e. The van der Waals surface area contributed by atoms with Gasteiger partial charge < -0.3 is 5.73 Å². The number of nitrogens with two attached hydrogens (primary N) is 1. The molecular weight excluding hydrogens is 166 g/mol. The van der Waals surface area contributed by atoms with Crippen molar-refractivity contribution in [2.75, 3.05) is 5.73 Å². The first-order valence-electron chi connectivity index (χ1n) is 3.76. The Hall–Kier alpha value is -1.97. The summed E-state index contributed by atoms with van der Waals surface area (Å²) in [5.41, 5.74) is 6.64. The molecule has 0 amide bonds. The van der Waals surface area contributed by atoms with Crippen LogP contribution in [0, 0.1) is 0 Å². The number of anilines is 1. The van der Waals surface area contributed by atoms with Crippen LogP contribution in [-0.2, 0) is 0 Å². The van der Waals surface area contributed by atoms with Crippen LogP contribution < -0.4 is 5.73 Å². The van der Waals surface area contributed by atoms with E-state index in [9.17, 15) is 4.79 Å². The van der Waals surface area contributed by atoms with E-state index in [0.717, 1.165) is 5.39 Å². The van der Waals surface area contributed by atoms with Crippen molar-refractivity contribution in [3.63, 3.8) is 0 Å². The second kappa shape index (κ2) is 2.82. The van der Waals surface area contributed by atoms with Gasteiger partial charge in [-0.2, -0.15) is 0 Å². The van der Waals surface area contributed by atoms with E-state index in [4.69, 9.17) is 5.73 Å². The Labute approximate surface area is 74.4 Å². The second-order valence-corrected chi connectivity index (χ2v) is 2.65. The summed E-state index contributed by atoms with van der Waals surface area (Å²) in [6.07, 6.45) is 3.96. The molecule has 0 atom stereocenters. The molecule has 0 aliphatic heterocycles. The highest BCUT2D eigenvalue weighted by molar-refractivity contribution is 5.90. The number of carbonyl (C=O) groups is 1. The molecule has 0 bridgehead atoms. The summed E-state index contributed by atoms with van der Waals surface area (Å²) in [4.78, 5) is 18.5. The van der Waals surface area contributed by atoms with Gasteiger partial charge >= 0.3 is 0 Å². The number of hydrogen-bond donors (Lipinski definition) is 1. The van der Waals surface area contributed by atoms with Gasteiger partial charge in [-0.15, -0.1) is 0 Å². The number of nitrogen functional groups attached to an aromatic ring is 1. The lowest BCUT2D eigenvalue weighted by atomic mass is 10.2. The fourth-order valence-corrected chi connectivity index (χ4v) is 1.14. The molecule has 0 spiro atoms. The van der Waals surface area contributed by atoms with Gasteiger partial charge in [0.1, 0.15) is 5.82 Å². The Bertz CT molecular complexity index is 467. The quantitative estimate of drug-likeness (QED) is 0.654. The molecule has 2 rings (SSSR count). The van der Waals surface area contributed by atoms with Gasteiger partial charge in [0.05, 0.1) is 17.3 Å². The van der Waals surface area contributed by atoms with E-state index >= 15 is 0 Å². The number of fused-ring (bicyclic) bond motifs is 1. The largest absolute Gasteiger partial charge is 0.383 e. The maximum absolute atomic E-state index is 10.5. The number of hydrogen-bond acceptors (Lipinski definition) is 4. The number of carbonyl (C=O) groups excluding carboxylic acids is 1. The molecule has 0 saturated heterocycles. The lowest BCUT2D eigenvalue weighted by Gasteiger charge is -1.99. The van der Waals surface area contributed by atoms with Crippen molar-refractivity contribution < 1.29 is 4.79 Å². The summed E-state index contributed by atoms with van der Waals surface area (Å²) < 4.78 is 0. The van der Waals surface area contributed by atoms with E-state index < -0.39 is 0 Å². The van der Waals surface area contributed by atoms with Crippen molar-refractivity contribution in [1.29, 1.82) is 0 Å². The number of nitrogens with zero attached hydrogens (tertiary/aromatic N) is 2. The van der Waals surface area contributed by atoms with Crippen LogP contribution in [0.1, 0.15) is 10.4 Å². The van der Waals surface area contributed by atoms with E-state index in [1.54, 1.807) is 24.5 Å². The van der Waals surface area contributed by atoms with Gasteiger partial charge in [-0.25, -0.2) is 4.98 Å². The molecule has 2 N–H and O–H groups in total. The van der Waals surface area contributed by atoms with Crippen molar-refractivity contribution in [3.05, 3.63) is 30.1 Å². The molecule has 0 aliphatic carbocycles. The molecule has 2 aromatic rings. The summed E-state index contributed by atoms with van der Waals surface area (Å²) in [6, 6.07) is 3.49. The summed E-state index contributed by atoms with van der Waals surface area (Å²) in [5, 5.41) is 0.867. The van der Waals surface area contributed by atoms with Crippen molar-refractivity contribution in [3.8, 4) is 0 Å². The molecule has 0 unspecified atom stereocenters. The Balaban J connectivity index is 2.81. The van der Waals surface area contributed by atoms with Crippen LogP contribution >= 0.6 is 0 Å². The monoisotopic (exact) mass is 173 g/mol. The van der Waals surface area contributed by atoms with Crippen molar-refractivity contribution >= 4 is 23.0 Å². The predicted octanol–water partition coefficient (Wildman–Crippen LogP) is 1.02. The van der Waals surface area contributed by atoms with Gasteiger partial charge in [0, 0.05) is 11.6 Å². The summed E-state index contributed by atoms with van der Waals surface area (Å²) >= 11 is 0. The minimum absolute atomic E-state index is 0.246. The first-order valence-corrected chi connectivity index (χ1v) is 3.76. The molecule has 0 saturated carbocycles. The first-order chi connectivity index (χ1) is 6.31. The van der Waals surface area contributed by atoms with Gasteiger partial charge in [0.25, 0.3) is 0 Å². The summed E-state index contributed by atoms with van der Waals surface area (Å²) in [5.74, 6) is 0.246. The number of pyridine rings is 2. The normalized spacial score (nSPS) is 10.2. The van der Waals surface area contributed by atoms with Gasteiger partial charge in [-0.05, 0) is 12.1 Å². The van der Waals surface area contributed by atoms with Crippen LogP contribution in [0.5, 0.6) is 0 Å².